The Morgan fingerprint density at radius 2 is 1.64 bits per heavy atom. The van der Waals surface area contributed by atoms with E-state index in [1.165, 1.54) is 6.92 Å². The Hall–Kier alpha value is -2.59. The number of hydrogen-bond donors (Lipinski definition) is 7. The van der Waals surface area contributed by atoms with E-state index in [9.17, 15) is 50.1 Å². The molecule has 240 valence electrons. The summed E-state index contributed by atoms with van der Waals surface area (Å²) in [4.78, 5) is 40.8. The molecule has 0 unspecified atom stereocenters. The van der Waals surface area contributed by atoms with Crippen LogP contribution in [0.25, 0.3) is 0 Å². The maximum absolute atomic E-state index is 13.8. The van der Waals surface area contributed by atoms with Crippen LogP contribution in [-0.2, 0) is 28.6 Å². The summed E-state index contributed by atoms with van der Waals surface area (Å²) in [7, 11) is 0. The molecule has 2 heterocycles. The van der Waals surface area contributed by atoms with Crippen LogP contribution in [0, 0.1) is 0 Å². The number of aliphatic hydroxyl groups is 7. The van der Waals surface area contributed by atoms with Gasteiger partial charge in [-0.3, -0.25) is 14.4 Å². The highest BCUT2D eigenvalue weighted by Crippen LogP contribution is 2.52. The highest BCUT2D eigenvalue weighted by Gasteiger charge is 2.66. The van der Waals surface area contributed by atoms with Crippen molar-refractivity contribution in [2.24, 2.45) is 0 Å². The van der Waals surface area contributed by atoms with Gasteiger partial charge in [0.15, 0.2) is 29.2 Å². The van der Waals surface area contributed by atoms with E-state index in [1.807, 2.05) is 0 Å². The van der Waals surface area contributed by atoms with E-state index >= 15 is 0 Å². The zero-order valence-electron chi connectivity index (χ0n) is 24.6. The lowest BCUT2D eigenvalue weighted by Gasteiger charge is -2.51. The van der Waals surface area contributed by atoms with Gasteiger partial charge in [0.1, 0.15) is 23.6 Å². The molecule has 13 heteroatoms. The molecule has 0 amide bonds. The standard InChI is InChI=1S/C31H38O13/c1-12-24(35)17(32)9-21(43-12)44-28-13(2)42-19(8-18(28)33)14-4-5-15-22(25(14)36)26(37)16-6-7-30(40)11-29(3,39)10-20(34)31(30,41)23(16)27(15)38/h6-7,12-13,17-19,21,24,28,32-33,35-36,39-41H,4-5,8-11H2,1-3H3/t12-,13-,17-,18-,19-,21+,24-,28-,29+,30+,31+/m1/s1. The minimum Gasteiger partial charge on any atom is -0.507 e. The second-order valence-corrected chi connectivity index (χ2v) is 13.2. The summed E-state index contributed by atoms with van der Waals surface area (Å²) in [6, 6.07) is 0. The van der Waals surface area contributed by atoms with Gasteiger partial charge in [-0.25, -0.2) is 0 Å². The summed E-state index contributed by atoms with van der Waals surface area (Å²) >= 11 is 0. The minimum atomic E-state index is -2.75. The molecule has 0 aromatic rings. The molecule has 0 aromatic carbocycles. The third kappa shape index (κ3) is 4.60. The number of ether oxygens (including phenoxy) is 3. The first-order valence-electron chi connectivity index (χ1n) is 14.9. The Labute approximate surface area is 252 Å². The molecule has 6 aliphatic rings. The highest BCUT2D eigenvalue weighted by molar-refractivity contribution is 6.31. The lowest BCUT2D eigenvalue weighted by Crippen LogP contribution is -2.69. The number of rotatable bonds is 3. The molecule has 2 saturated heterocycles. The number of Topliss-reactive ketones (excluding diaryl/α,β-unsaturated/α-hetero) is 3. The van der Waals surface area contributed by atoms with Gasteiger partial charge in [-0.1, -0.05) is 6.08 Å². The molecule has 0 spiro atoms. The van der Waals surface area contributed by atoms with Crippen molar-refractivity contribution >= 4 is 17.3 Å². The molecular weight excluding hydrogens is 580 g/mol. The summed E-state index contributed by atoms with van der Waals surface area (Å²) in [6.07, 6.45) is -6.06. The summed E-state index contributed by atoms with van der Waals surface area (Å²) in [5.74, 6) is -3.14. The lowest BCUT2D eigenvalue weighted by molar-refractivity contribution is -0.291. The number of carbonyl (C=O) groups is 3. The van der Waals surface area contributed by atoms with Gasteiger partial charge in [-0.15, -0.1) is 0 Å². The van der Waals surface area contributed by atoms with Gasteiger partial charge in [0.05, 0.1) is 47.3 Å². The predicted octanol–water partition coefficient (Wildman–Crippen LogP) is -0.737. The largest absolute Gasteiger partial charge is 0.507 e. The Bertz CT molecular complexity index is 1410. The van der Waals surface area contributed by atoms with Crippen molar-refractivity contribution in [1.29, 1.82) is 0 Å². The number of aliphatic hydroxyl groups excluding tert-OH is 4. The quantitative estimate of drug-likeness (QED) is 0.194. The van der Waals surface area contributed by atoms with Crippen LogP contribution in [0.1, 0.15) is 59.3 Å². The maximum Gasteiger partial charge on any atom is 0.197 e. The summed E-state index contributed by atoms with van der Waals surface area (Å²) in [6.45, 7) is 4.58. The summed E-state index contributed by atoms with van der Waals surface area (Å²) < 4.78 is 17.6. The molecule has 11 atom stereocenters. The first-order chi connectivity index (χ1) is 20.5. The molecule has 0 aromatic heterocycles. The topological polar surface area (TPSA) is 221 Å². The molecule has 2 aliphatic heterocycles. The van der Waals surface area contributed by atoms with Crippen LogP contribution < -0.4 is 0 Å². The molecule has 0 bridgehead atoms. The molecule has 1 saturated carbocycles. The van der Waals surface area contributed by atoms with Crippen molar-refractivity contribution in [2.45, 2.75) is 125 Å². The second-order valence-electron chi connectivity index (χ2n) is 13.2. The normalized spacial score (nSPS) is 46.2. The number of carbonyl (C=O) groups excluding carboxylic acids is 3. The van der Waals surface area contributed by atoms with Gasteiger partial charge in [0.2, 0.25) is 0 Å². The number of allylic oxidation sites excluding steroid dienone is 4. The van der Waals surface area contributed by atoms with Gasteiger partial charge in [0.25, 0.3) is 0 Å². The van der Waals surface area contributed by atoms with Gasteiger partial charge in [-0.2, -0.15) is 0 Å². The van der Waals surface area contributed by atoms with Crippen LogP contribution >= 0.6 is 0 Å². The molecule has 4 aliphatic carbocycles. The van der Waals surface area contributed by atoms with Crippen LogP contribution in [-0.4, -0.2) is 119 Å². The Balaban J connectivity index is 1.25. The van der Waals surface area contributed by atoms with Gasteiger partial charge in [-0.05, 0) is 39.7 Å². The van der Waals surface area contributed by atoms with Crippen LogP contribution in [0.3, 0.4) is 0 Å². The molecule has 7 N–H and O–H groups in total. The van der Waals surface area contributed by atoms with Crippen LogP contribution in [0.4, 0.5) is 0 Å². The molecule has 0 radical (unpaired) electrons. The minimum absolute atomic E-state index is 0.00634. The Kier molecular flexibility index (Phi) is 7.47. The van der Waals surface area contributed by atoms with E-state index in [0.717, 1.165) is 12.2 Å². The van der Waals surface area contributed by atoms with Crippen LogP contribution in [0.15, 0.2) is 45.8 Å². The van der Waals surface area contributed by atoms with Crippen molar-refractivity contribution in [3.05, 3.63) is 45.8 Å². The van der Waals surface area contributed by atoms with Crippen molar-refractivity contribution in [3.63, 3.8) is 0 Å². The van der Waals surface area contributed by atoms with Crippen molar-refractivity contribution < 1.29 is 64.3 Å². The van der Waals surface area contributed by atoms with Gasteiger partial charge < -0.3 is 50.0 Å². The first kappa shape index (κ1) is 31.4. The van der Waals surface area contributed by atoms with Gasteiger partial charge in [0, 0.05) is 42.4 Å². The zero-order valence-corrected chi connectivity index (χ0v) is 24.6. The smallest absolute Gasteiger partial charge is 0.197 e. The molecule has 13 nitrogen and oxygen atoms in total. The van der Waals surface area contributed by atoms with Crippen molar-refractivity contribution in [1.82, 2.24) is 0 Å². The SMILES string of the molecule is C[C@H]1O[C@@H](O[C@H]2[C@H](O)C[C@H](C3=C(O)C4=C(CC3)C(=O)C3=C(C=C[C@]5(O)C[C@@](C)(O)CC(=O)[C@]35O)C4=O)O[C@@H]2C)C[C@@H](O)[C@@H]1O. The molecule has 6 rings (SSSR count). The maximum atomic E-state index is 13.8. The fourth-order valence-electron chi connectivity index (χ4n) is 7.65. The lowest BCUT2D eigenvalue weighted by atomic mass is 9.57. The second kappa shape index (κ2) is 10.5. The number of ketones is 3. The first-order valence-corrected chi connectivity index (χ1v) is 14.9. The van der Waals surface area contributed by atoms with E-state index in [0.29, 0.717) is 5.57 Å². The van der Waals surface area contributed by atoms with Crippen LogP contribution in [0.5, 0.6) is 0 Å². The van der Waals surface area contributed by atoms with Crippen molar-refractivity contribution in [2.75, 3.05) is 0 Å². The van der Waals surface area contributed by atoms with E-state index in [-0.39, 0.29) is 42.4 Å². The molecule has 44 heavy (non-hydrogen) atoms. The highest BCUT2D eigenvalue weighted by atomic mass is 16.7. The summed E-state index contributed by atoms with van der Waals surface area (Å²) in [5.41, 5.74) is -7.72. The van der Waals surface area contributed by atoms with Crippen molar-refractivity contribution in [3.8, 4) is 0 Å². The zero-order chi connectivity index (χ0) is 32.1. The van der Waals surface area contributed by atoms with E-state index in [1.54, 1.807) is 13.8 Å². The fourth-order valence-corrected chi connectivity index (χ4v) is 7.65. The summed E-state index contributed by atoms with van der Waals surface area (Å²) in [5, 5.41) is 75.8. The van der Waals surface area contributed by atoms with E-state index in [4.69, 9.17) is 14.2 Å². The average Bonchev–Trinajstić information content (AvgIpc) is 2.92. The molecular formula is C31H38O13. The number of fused-ring (bicyclic) bond motifs is 2. The third-order valence-electron chi connectivity index (χ3n) is 9.89. The Morgan fingerprint density at radius 1 is 0.932 bits per heavy atom. The van der Waals surface area contributed by atoms with E-state index < -0.39 is 107 Å². The average molecular weight is 619 g/mol. The predicted molar refractivity (Wildman–Crippen MR) is 148 cm³/mol. The monoisotopic (exact) mass is 618 g/mol. The van der Waals surface area contributed by atoms with Gasteiger partial charge >= 0.3 is 0 Å². The van der Waals surface area contributed by atoms with E-state index in [2.05, 4.69) is 0 Å². The third-order valence-corrected chi connectivity index (χ3v) is 9.89. The van der Waals surface area contributed by atoms with Crippen LogP contribution in [0.2, 0.25) is 0 Å². The number of hydrogen-bond acceptors (Lipinski definition) is 13. The fraction of sp³-hybridized carbons (Fsp3) is 0.645. The Morgan fingerprint density at radius 3 is 2.30 bits per heavy atom. The molecule has 3 fully saturated rings.